The molecule has 1 aromatic rings. The predicted molar refractivity (Wildman–Crippen MR) is 74.2 cm³/mol. The second-order valence-electron chi connectivity index (χ2n) is 4.45. The number of hydrogen-bond acceptors (Lipinski definition) is 4. The number of aliphatic hydroxyl groups excluding tert-OH is 1. The van der Waals surface area contributed by atoms with Crippen molar-refractivity contribution < 1.29 is 14.6 Å². The third-order valence-corrected chi connectivity index (χ3v) is 3.02. The van der Waals surface area contributed by atoms with Gasteiger partial charge < -0.3 is 14.7 Å². The number of rotatable bonds is 2. The predicted octanol–water partition coefficient (Wildman–Crippen LogP) is 0.678. The SMILES string of the molecule is O=C(c1ccncc1C#CCCO)N1CCCOCC1. The van der Waals surface area contributed by atoms with Crippen molar-refractivity contribution in [1.29, 1.82) is 0 Å². The number of aromatic nitrogens is 1. The fraction of sp³-hybridized carbons (Fsp3) is 0.467. The van der Waals surface area contributed by atoms with E-state index >= 15 is 0 Å². The van der Waals surface area contributed by atoms with Gasteiger partial charge in [-0.25, -0.2) is 0 Å². The highest BCUT2D eigenvalue weighted by Gasteiger charge is 2.19. The molecule has 0 radical (unpaired) electrons. The molecule has 5 nitrogen and oxygen atoms in total. The van der Waals surface area contributed by atoms with E-state index < -0.39 is 0 Å². The number of hydrogen-bond donors (Lipinski definition) is 1. The number of carbonyl (C=O) groups is 1. The zero-order valence-electron chi connectivity index (χ0n) is 11.3. The fourth-order valence-electron chi connectivity index (χ4n) is 2.01. The Hall–Kier alpha value is -1.90. The van der Waals surface area contributed by atoms with E-state index in [1.165, 1.54) is 0 Å². The summed E-state index contributed by atoms with van der Waals surface area (Å²) in [5, 5.41) is 8.75. The van der Waals surface area contributed by atoms with Crippen molar-refractivity contribution in [3.05, 3.63) is 29.6 Å². The molecule has 2 rings (SSSR count). The number of pyridine rings is 1. The summed E-state index contributed by atoms with van der Waals surface area (Å²) in [6.07, 6.45) is 4.42. The van der Waals surface area contributed by atoms with Crippen LogP contribution in [0.1, 0.15) is 28.8 Å². The molecule has 0 spiro atoms. The van der Waals surface area contributed by atoms with E-state index in [1.54, 1.807) is 23.4 Å². The monoisotopic (exact) mass is 274 g/mol. The van der Waals surface area contributed by atoms with Crippen molar-refractivity contribution in [2.45, 2.75) is 12.8 Å². The normalized spacial score (nSPS) is 15.2. The molecule has 20 heavy (non-hydrogen) atoms. The van der Waals surface area contributed by atoms with Crippen molar-refractivity contribution in [3.8, 4) is 11.8 Å². The van der Waals surface area contributed by atoms with Gasteiger partial charge in [-0.05, 0) is 12.5 Å². The topological polar surface area (TPSA) is 62.7 Å². The summed E-state index contributed by atoms with van der Waals surface area (Å²) in [6.45, 7) is 2.58. The summed E-state index contributed by atoms with van der Waals surface area (Å²) in [4.78, 5) is 18.3. The molecule has 1 saturated heterocycles. The molecular formula is C15H18N2O3. The van der Waals surface area contributed by atoms with Crippen LogP contribution in [-0.4, -0.2) is 53.8 Å². The molecule has 0 unspecified atom stereocenters. The molecule has 0 atom stereocenters. The van der Waals surface area contributed by atoms with Crippen molar-refractivity contribution in [2.75, 3.05) is 32.9 Å². The lowest BCUT2D eigenvalue weighted by molar-refractivity contribution is 0.0741. The maximum atomic E-state index is 12.5. The number of amides is 1. The minimum atomic E-state index is -0.0359. The highest BCUT2D eigenvalue weighted by atomic mass is 16.5. The van der Waals surface area contributed by atoms with E-state index in [4.69, 9.17) is 9.84 Å². The van der Waals surface area contributed by atoms with E-state index in [-0.39, 0.29) is 12.5 Å². The van der Waals surface area contributed by atoms with Gasteiger partial charge in [0.15, 0.2) is 0 Å². The molecule has 0 bridgehead atoms. The molecule has 5 heteroatoms. The van der Waals surface area contributed by atoms with Gasteiger partial charge in [0.05, 0.1) is 24.3 Å². The Kier molecular flexibility index (Phi) is 5.54. The zero-order chi connectivity index (χ0) is 14.2. The van der Waals surface area contributed by atoms with Crippen molar-refractivity contribution in [2.24, 2.45) is 0 Å². The Morgan fingerprint density at radius 2 is 2.35 bits per heavy atom. The van der Waals surface area contributed by atoms with Gasteiger partial charge in [0.2, 0.25) is 0 Å². The summed E-state index contributed by atoms with van der Waals surface area (Å²) in [7, 11) is 0. The van der Waals surface area contributed by atoms with Crippen LogP contribution in [-0.2, 0) is 4.74 Å². The minimum absolute atomic E-state index is 0.0139. The first kappa shape index (κ1) is 14.5. The highest BCUT2D eigenvalue weighted by molar-refractivity contribution is 5.96. The molecule has 106 valence electrons. The Morgan fingerprint density at radius 1 is 1.45 bits per heavy atom. The van der Waals surface area contributed by atoms with Gasteiger partial charge in [0.25, 0.3) is 5.91 Å². The number of carbonyl (C=O) groups excluding carboxylic acids is 1. The van der Waals surface area contributed by atoms with Gasteiger partial charge >= 0.3 is 0 Å². The van der Waals surface area contributed by atoms with Crippen LogP contribution in [0.4, 0.5) is 0 Å². The summed E-state index contributed by atoms with van der Waals surface area (Å²) >= 11 is 0. The lowest BCUT2D eigenvalue weighted by atomic mass is 10.1. The Morgan fingerprint density at radius 3 is 3.20 bits per heavy atom. The number of ether oxygens (including phenoxy) is 1. The molecule has 1 aliphatic heterocycles. The summed E-state index contributed by atoms with van der Waals surface area (Å²) in [5.41, 5.74) is 1.17. The summed E-state index contributed by atoms with van der Waals surface area (Å²) in [5.74, 6) is 5.69. The third-order valence-electron chi connectivity index (χ3n) is 3.02. The molecule has 2 heterocycles. The van der Waals surface area contributed by atoms with E-state index in [2.05, 4.69) is 16.8 Å². The van der Waals surface area contributed by atoms with Gasteiger partial charge in [0.1, 0.15) is 0 Å². The Balaban J connectivity index is 2.18. The molecule has 1 aliphatic rings. The van der Waals surface area contributed by atoms with Crippen LogP contribution in [0, 0.1) is 11.8 Å². The number of nitrogens with zero attached hydrogens (tertiary/aromatic N) is 2. The van der Waals surface area contributed by atoms with E-state index in [9.17, 15) is 4.79 Å². The average molecular weight is 274 g/mol. The maximum Gasteiger partial charge on any atom is 0.255 e. The van der Waals surface area contributed by atoms with Crippen molar-refractivity contribution in [3.63, 3.8) is 0 Å². The largest absolute Gasteiger partial charge is 0.395 e. The molecule has 1 fully saturated rings. The minimum Gasteiger partial charge on any atom is -0.395 e. The average Bonchev–Trinajstić information content (AvgIpc) is 2.76. The molecule has 1 aromatic heterocycles. The number of aliphatic hydroxyl groups is 1. The standard InChI is InChI=1S/C15H18N2O3/c18-9-2-1-4-13-12-16-6-5-14(13)15(19)17-7-3-10-20-11-8-17/h5-6,12,18H,2-3,7-11H2. The molecule has 1 amide bonds. The van der Waals surface area contributed by atoms with Gasteiger partial charge in [-0.15, -0.1) is 0 Å². The molecule has 0 saturated carbocycles. The van der Waals surface area contributed by atoms with Gasteiger partial charge in [-0.2, -0.15) is 0 Å². The van der Waals surface area contributed by atoms with Crippen LogP contribution in [0.15, 0.2) is 18.5 Å². The fourth-order valence-corrected chi connectivity index (χ4v) is 2.01. The van der Waals surface area contributed by atoms with Gasteiger partial charge in [-0.1, -0.05) is 11.8 Å². The Labute approximate surface area is 118 Å². The van der Waals surface area contributed by atoms with E-state index in [0.29, 0.717) is 43.9 Å². The summed E-state index contributed by atoms with van der Waals surface area (Å²) in [6, 6.07) is 1.69. The molecule has 0 aromatic carbocycles. The van der Waals surface area contributed by atoms with Crippen LogP contribution >= 0.6 is 0 Å². The quantitative estimate of drug-likeness (QED) is 0.806. The van der Waals surface area contributed by atoms with Crippen LogP contribution in [0.3, 0.4) is 0 Å². The maximum absolute atomic E-state index is 12.5. The van der Waals surface area contributed by atoms with Crippen molar-refractivity contribution >= 4 is 5.91 Å². The van der Waals surface area contributed by atoms with E-state index in [0.717, 1.165) is 6.42 Å². The first-order valence-electron chi connectivity index (χ1n) is 6.73. The molecular weight excluding hydrogens is 256 g/mol. The second kappa shape index (κ2) is 7.63. The summed E-state index contributed by atoms with van der Waals surface area (Å²) < 4.78 is 5.36. The first-order chi connectivity index (χ1) is 9.83. The lowest BCUT2D eigenvalue weighted by Crippen LogP contribution is -2.33. The lowest BCUT2D eigenvalue weighted by Gasteiger charge is -2.20. The Bertz CT molecular complexity index is 511. The first-order valence-corrected chi connectivity index (χ1v) is 6.73. The van der Waals surface area contributed by atoms with Crippen LogP contribution in [0.25, 0.3) is 0 Å². The third kappa shape index (κ3) is 3.80. The molecule has 0 aliphatic carbocycles. The van der Waals surface area contributed by atoms with Crippen LogP contribution < -0.4 is 0 Å². The highest BCUT2D eigenvalue weighted by Crippen LogP contribution is 2.11. The smallest absolute Gasteiger partial charge is 0.255 e. The molecule has 1 N–H and O–H groups in total. The van der Waals surface area contributed by atoms with E-state index in [1.807, 2.05) is 0 Å². The second-order valence-corrected chi connectivity index (χ2v) is 4.45. The zero-order valence-corrected chi connectivity index (χ0v) is 11.3. The van der Waals surface area contributed by atoms with Crippen LogP contribution in [0.2, 0.25) is 0 Å². The van der Waals surface area contributed by atoms with Gasteiger partial charge in [0, 0.05) is 38.5 Å². The van der Waals surface area contributed by atoms with Gasteiger partial charge in [-0.3, -0.25) is 9.78 Å². The van der Waals surface area contributed by atoms with Crippen molar-refractivity contribution in [1.82, 2.24) is 9.88 Å². The van der Waals surface area contributed by atoms with Crippen LogP contribution in [0.5, 0.6) is 0 Å².